The summed E-state index contributed by atoms with van der Waals surface area (Å²) in [5, 5.41) is 3.78. The van der Waals surface area contributed by atoms with E-state index in [4.69, 9.17) is 14.2 Å². The molecule has 1 aliphatic heterocycles. The van der Waals surface area contributed by atoms with Crippen LogP contribution in [0.1, 0.15) is 65.1 Å². The average Bonchev–Trinajstić information content (AvgIpc) is 3.25. The van der Waals surface area contributed by atoms with Gasteiger partial charge in [0.2, 0.25) is 0 Å². The van der Waals surface area contributed by atoms with Gasteiger partial charge in [0.25, 0.3) is 5.91 Å². The van der Waals surface area contributed by atoms with Crippen molar-refractivity contribution in [3.8, 4) is 22.8 Å². The Labute approximate surface area is 259 Å². The van der Waals surface area contributed by atoms with Crippen LogP contribution in [0.3, 0.4) is 0 Å². The fraction of sp³-hybridized carbons (Fsp3) is 0.371. The van der Waals surface area contributed by atoms with Crippen molar-refractivity contribution in [1.82, 2.24) is 9.88 Å². The highest BCUT2D eigenvalue weighted by atomic mass is 19.4. The van der Waals surface area contributed by atoms with E-state index < -0.39 is 29.7 Å². The molecule has 2 heterocycles. The first-order chi connectivity index (χ1) is 21.7. The molecule has 6 rings (SSSR count). The Balaban J connectivity index is 1.38. The molecule has 2 aliphatic rings. The SMILES string of the molecule is COC(=O)[C@H](Cc1cccc(C(F)(F)F)c1)NC(=O)c1ccc2c(C3CCCCC3)c3n(c2c1)CCOc1cc(OC)ccc1-3. The summed E-state index contributed by atoms with van der Waals surface area (Å²) in [7, 11) is 2.80. The van der Waals surface area contributed by atoms with Crippen molar-refractivity contribution in [2.45, 2.75) is 63.2 Å². The van der Waals surface area contributed by atoms with E-state index in [0.29, 0.717) is 30.4 Å². The summed E-state index contributed by atoms with van der Waals surface area (Å²) in [6.07, 6.45) is 1.00. The van der Waals surface area contributed by atoms with Crippen molar-refractivity contribution in [1.29, 1.82) is 0 Å². The summed E-state index contributed by atoms with van der Waals surface area (Å²) in [6.45, 7) is 1.000. The maximum absolute atomic E-state index is 13.6. The van der Waals surface area contributed by atoms with E-state index in [-0.39, 0.29) is 12.0 Å². The second-order valence-electron chi connectivity index (χ2n) is 11.6. The fourth-order valence-electron chi connectivity index (χ4n) is 6.72. The molecule has 0 unspecified atom stereocenters. The number of alkyl halides is 3. The first kappa shape index (κ1) is 30.6. The van der Waals surface area contributed by atoms with Gasteiger partial charge in [0.1, 0.15) is 24.1 Å². The van der Waals surface area contributed by atoms with Crippen LogP contribution in [0.2, 0.25) is 0 Å². The topological polar surface area (TPSA) is 78.8 Å². The van der Waals surface area contributed by atoms with E-state index >= 15 is 0 Å². The molecule has 10 heteroatoms. The molecule has 1 aliphatic carbocycles. The molecule has 1 saturated carbocycles. The van der Waals surface area contributed by atoms with Gasteiger partial charge in [0.15, 0.2) is 0 Å². The number of halogens is 3. The Morgan fingerprint density at radius 1 is 1.02 bits per heavy atom. The van der Waals surface area contributed by atoms with E-state index in [0.717, 1.165) is 65.7 Å². The van der Waals surface area contributed by atoms with Crippen molar-refractivity contribution in [2.75, 3.05) is 20.8 Å². The second-order valence-corrected chi connectivity index (χ2v) is 11.6. The van der Waals surface area contributed by atoms with Crippen molar-refractivity contribution < 1.29 is 37.0 Å². The molecular weight excluding hydrogens is 585 g/mol. The molecule has 0 bridgehead atoms. The number of rotatable bonds is 7. The van der Waals surface area contributed by atoms with Crippen LogP contribution >= 0.6 is 0 Å². The van der Waals surface area contributed by atoms with Crippen molar-refractivity contribution >= 4 is 22.8 Å². The number of nitrogens with one attached hydrogen (secondary N) is 1. The van der Waals surface area contributed by atoms with E-state index in [1.165, 1.54) is 31.2 Å². The average molecular weight is 621 g/mol. The maximum Gasteiger partial charge on any atom is 0.416 e. The number of nitrogens with zero attached hydrogens (tertiary/aromatic N) is 1. The normalized spacial score (nSPS) is 15.8. The molecule has 0 spiro atoms. The molecule has 3 aromatic carbocycles. The van der Waals surface area contributed by atoms with Gasteiger partial charge in [0.05, 0.1) is 32.0 Å². The van der Waals surface area contributed by atoms with Gasteiger partial charge >= 0.3 is 12.1 Å². The molecule has 236 valence electrons. The second kappa shape index (κ2) is 12.5. The molecule has 1 fully saturated rings. The number of methoxy groups -OCH3 is 2. The molecule has 7 nitrogen and oxygen atoms in total. The van der Waals surface area contributed by atoms with Gasteiger partial charge in [-0.25, -0.2) is 4.79 Å². The largest absolute Gasteiger partial charge is 0.497 e. The summed E-state index contributed by atoms with van der Waals surface area (Å²) in [4.78, 5) is 26.3. The van der Waals surface area contributed by atoms with Gasteiger partial charge in [-0.1, -0.05) is 43.5 Å². The van der Waals surface area contributed by atoms with Crippen LogP contribution in [-0.4, -0.2) is 43.3 Å². The van der Waals surface area contributed by atoms with Gasteiger partial charge in [0, 0.05) is 34.5 Å². The summed E-state index contributed by atoms with van der Waals surface area (Å²) in [5.41, 5.74) is 3.96. The Kier molecular flexibility index (Phi) is 8.48. The van der Waals surface area contributed by atoms with Crippen LogP contribution in [0.15, 0.2) is 60.7 Å². The van der Waals surface area contributed by atoms with Gasteiger partial charge in [-0.2, -0.15) is 13.2 Å². The Morgan fingerprint density at radius 3 is 2.56 bits per heavy atom. The minimum Gasteiger partial charge on any atom is -0.497 e. The summed E-state index contributed by atoms with van der Waals surface area (Å²) < 4.78 is 58.6. The van der Waals surface area contributed by atoms with Crippen LogP contribution < -0.4 is 14.8 Å². The number of carbonyl (C=O) groups excluding carboxylic acids is 2. The van der Waals surface area contributed by atoms with Gasteiger partial charge in [-0.15, -0.1) is 0 Å². The number of fused-ring (bicyclic) bond motifs is 5. The lowest BCUT2D eigenvalue weighted by atomic mass is 9.81. The van der Waals surface area contributed by atoms with E-state index in [2.05, 4.69) is 9.88 Å². The molecule has 1 atom stereocenters. The number of hydrogen-bond acceptors (Lipinski definition) is 5. The van der Waals surface area contributed by atoms with Crippen LogP contribution in [-0.2, 0) is 28.7 Å². The minimum atomic E-state index is -4.53. The fourth-order valence-corrected chi connectivity index (χ4v) is 6.72. The monoisotopic (exact) mass is 620 g/mol. The van der Waals surface area contributed by atoms with Gasteiger partial charge in [-0.05, 0) is 60.2 Å². The van der Waals surface area contributed by atoms with Crippen molar-refractivity contribution in [3.05, 3.63) is 82.9 Å². The number of hydrogen-bond donors (Lipinski definition) is 1. The summed E-state index contributed by atoms with van der Waals surface area (Å²) >= 11 is 0. The van der Waals surface area contributed by atoms with Gasteiger partial charge in [-0.3, -0.25) is 4.79 Å². The van der Waals surface area contributed by atoms with E-state index in [9.17, 15) is 22.8 Å². The molecule has 1 amide bonds. The minimum absolute atomic E-state index is 0.158. The van der Waals surface area contributed by atoms with Crippen molar-refractivity contribution in [3.63, 3.8) is 0 Å². The highest BCUT2D eigenvalue weighted by Gasteiger charge is 2.32. The molecule has 45 heavy (non-hydrogen) atoms. The molecule has 0 radical (unpaired) electrons. The zero-order valence-electron chi connectivity index (χ0n) is 25.2. The summed E-state index contributed by atoms with van der Waals surface area (Å²) in [5.74, 6) is 0.552. The van der Waals surface area contributed by atoms with Crippen LogP contribution in [0, 0.1) is 0 Å². The Bertz CT molecular complexity index is 1740. The lowest BCUT2D eigenvalue weighted by Gasteiger charge is -2.23. The molecule has 1 aromatic heterocycles. The number of benzene rings is 3. The highest BCUT2D eigenvalue weighted by Crippen LogP contribution is 2.47. The standard InChI is InChI=1S/C35H35F3N2O5/c1-43-25-12-14-27-30(20-25)45-16-15-40-29-19-23(11-13-26(29)31(32(27)40)22-8-4-3-5-9-22)33(41)39-28(34(42)44-2)18-21-7-6-10-24(17-21)35(36,37)38/h6-7,10-14,17,19-20,22,28H,3-5,8-9,15-16,18H2,1-2H3,(H,39,41)/t28-/m0/s1. The van der Waals surface area contributed by atoms with Gasteiger partial charge < -0.3 is 24.1 Å². The lowest BCUT2D eigenvalue weighted by Crippen LogP contribution is -2.43. The maximum atomic E-state index is 13.6. The number of aromatic nitrogens is 1. The third-order valence-electron chi connectivity index (χ3n) is 8.88. The summed E-state index contributed by atoms with van der Waals surface area (Å²) in [6, 6.07) is 14.9. The molecule has 0 saturated heterocycles. The van der Waals surface area contributed by atoms with E-state index in [1.54, 1.807) is 13.2 Å². The lowest BCUT2D eigenvalue weighted by molar-refractivity contribution is -0.142. The van der Waals surface area contributed by atoms with Crippen LogP contribution in [0.4, 0.5) is 13.2 Å². The number of ether oxygens (including phenoxy) is 3. The quantitative estimate of drug-likeness (QED) is 0.220. The Hall–Kier alpha value is -4.47. The molecule has 4 aromatic rings. The molecular formula is C35H35F3N2O5. The predicted octanol–water partition coefficient (Wildman–Crippen LogP) is 7.29. The zero-order chi connectivity index (χ0) is 31.7. The predicted molar refractivity (Wildman–Crippen MR) is 164 cm³/mol. The number of amides is 1. The third-order valence-corrected chi connectivity index (χ3v) is 8.88. The Morgan fingerprint density at radius 2 is 1.82 bits per heavy atom. The number of esters is 1. The number of carbonyl (C=O) groups is 2. The van der Waals surface area contributed by atoms with Crippen LogP contribution in [0.25, 0.3) is 22.2 Å². The first-order valence-corrected chi connectivity index (χ1v) is 15.2. The molecule has 1 N–H and O–H groups in total. The highest BCUT2D eigenvalue weighted by molar-refractivity contribution is 6.02. The first-order valence-electron chi connectivity index (χ1n) is 15.2. The zero-order valence-corrected chi connectivity index (χ0v) is 25.2. The smallest absolute Gasteiger partial charge is 0.416 e. The third kappa shape index (κ3) is 6.10. The van der Waals surface area contributed by atoms with Crippen LogP contribution in [0.5, 0.6) is 11.5 Å². The van der Waals surface area contributed by atoms with E-state index in [1.807, 2.05) is 30.3 Å². The van der Waals surface area contributed by atoms with Crippen molar-refractivity contribution in [2.24, 2.45) is 0 Å².